The van der Waals surface area contributed by atoms with E-state index in [0.717, 1.165) is 13.0 Å². The van der Waals surface area contributed by atoms with Crippen LogP contribution in [0, 0.1) is 0 Å². The summed E-state index contributed by atoms with van der Waals surface area (Å²) in [5.74, 6) is 0.574. The number of methoxy groups -OCH3 is 3. The highest BCUT2D eigenvalue weighted by Gasteiger charge is 2.34. The van der Waals surface area contributed by atoms with Crippen molar-refractivity contribution in [2.24, 2.45) is 0 Å². The molecule has 0 saturated carbocycles. The molecule has 1 rings (SSSR count). The molecule has 1 aromatic heterocycles. The van der Waals surface area contributed by atoms with E-state index < -0.39 is 11.9 Å². The van der Waals surface area contributed by atoms with Crippen LogP contribution in [0.4, 0.5) is 0 Å². The maximum absolute atomic E-state index is 10.7. The van der Waals surface area contributed by atoms with Crippen LogP contribution in [0.25, 0.3) is 0 Å². The third-order valence-corrected chi connectivity index (χ3v) is 3.06. The summed E-state index contributed by atoms with van der Waals surface area (Å²) in [6.07, 6.45) is 2.36. The average Bonchev–Trinajstić information content (AvgIpc) is 2.80. The van der Waals surface area contributed by atoms with Gasteiger partial charge in [-0.1, -0.05) is 6.92 Å². The molecule has 0 aromatic carbocycles. The van der Waals surface area contributed by atoms with Gasteiger partial charge in [-0.2, -0.15) is 5.10 Å². The van der Waals surface area contributed by atoms with E-state index >= 15 is 0 Å². The fraction of sp³-hybridized carbons (Fsp3) is 0.769. The van der Waals surface area contributed by atoms with Crippen LogP contribution in [0.3, 0.4) is 0 Å². The molecule has 1 heterocycles. The molecule has 0 radical (unpaired) electrons. The second-order valence-corrected chi connectivity index (χ2v) is 4.66. The highest BCUT2D eigenvalue weighted by Crippen LogP contribution is 2.34. The Morgan fingerprint density at radius 1 is 1.37 bits per heavy atom. The van der Waals surface area contributed by atoms with Gasteiger partial charge in [0.15, 0.2) is 12.0 Å². The number of hydrogen-bond donors (Lipinski definition) is 1. The molecule has 1 unspecified atom stereocenters. The Morgan fingerprint density at radius 2 is 2.00 bits per heavy atom. The molecule has 1 atom stereocenters. The largest absolute Gasteiger partial charge is 0.493 e. The van der Waals surface area contributed by atoms with Gasteiger partial charge < -0.3 is 19.3 Å². The van der Waals surface area contributed by atoms with Crippen molar-refractivity contribution < 1.29 is 19.3 Å². The number of aliphatic hydroxyl groups is 1. The zero-order chi connectivity index (χ0) is 14.5. The van der Waals surface area contributed by atoms with Gasteiger partial charge in [-0.25, -0.2) is 0 Å². The molecule has 1 N–H and O–H groups in total. The van der Waals surface area contributed by atoms with Crippen molar-refractivity contribution in [1.29, 1.82) is 0 Å². The van der Waals surface area contributed by atoms with Crippen LogP contribution in [0.15, 0.2) is 6.20 Å². The van der Waals surface area contributed by atoms with Crippen LogP contribution in [0.5, 0.6) is 5.75 Å². The zero-order valence-corrected chi connectivity index (χ0v) is 12.3. The van der Waals surface area contributed by atoms with Crippen molar-refractivity contribution in [3.8, 4) is 5.75 Å². The highest BCUT2D eigenvalue weighted by molar-refractivity contribution is 5.30. The summed E-state index contributed by atoms with van der Waals surface area (Å²) in [6, 6.07) is 0. The van der Waals surface area contributed by atoms with Crippen LogP contribution >= 0.6 is 0 Å². The molecule has 6 heteroatoms. The van der Waals surface area contributed by atoms with Crippen LogP contribution in [-0.4, -0.2) is 42.5 Å². The molecular weight excluding hydrogens is 248 g/mol. The van der Waals surface area contributed by atoms with E-state index in [4.69, 9.17) is 14.2 Å². The van der Waals surface area contributed by atoms with Gasteiger partial charge in [-0.15, -0.1) is 0 Å². The van der Waals surface area contributed by atoms with Gasteiger partial charge in [0.05, 0.1) is 13.3 Å². The number of rotatable bonds is 8. The van der Waals surface area contributed by atoms with Crippen LogP contribution in [-0.2, 0) is 21.6 Å². The minimum absolute atomic E-state index is 0.297. The lowest BCUT2D eigenvalue weighted by Crippen LogP contribution is -2.32. The third kappa shape index (κ3) is 3.68. The lowest BCUT2D eigenvalue weighted by Gasteiger charge is -2.28. The van der Waals surface area contributed by atoms with E-state index in [2.05, 4.69) is 12.0 Å². The van der Waals surface area contributed by atoms with E-state index in [1.807, 2.05) is 0 Å². The van der Waals surface area contributed by atoms with Crippen LogP contribution in [0.1, 0.15) is 32.4 Å². The maximum Gasteiger partial charge on any atom is 0.162 e. The molecule has 0 aliphatic heterocycles. The Bertz CT molecular complexity index is 386. The number of hydrogen-bond acceptors (Lipinski definition) is 5. The fourth-order valence-corrected chi connectivity index (χ4v) is 2.13. The van der Waals surface area contributed by atoms with Crippen LogP contribution in [0.2, 0.25) is 0 Å². The van der Waals surface area contributed by atoms with E-state index in [1.54, 1.807) is 39.1 Å². The normalized spacial score (nSPS) is 14.7. The summed E-state index contributed by atoms with van der Waals surface area (Å²) in [5.41, 5.74) is -0.496. The van der Waals surface area contributed by atoms with Crippen molar-refractivity contribution in [2.75, 3.05) is 21.3 Å². The molecule has 110 valence electrons. The van der Waals surface area contributed by atoms with Crippen molar-refractivity contribution in [1.82, 2.24) is 9.78 Å². The molecule has 1 aromatic rings. The minimum atomic E-state index is -1.15. The van der Waals surface area contributed by atoms with E-state index in [-0.39, 0.29) is 0 Å². The summed E-state index contributed by atoms with van der Waals surface area (Å²) in [4.78, 5) is 0. The van der Waals surface area contributed by atoms with Gasteiger partial charge in [0.2, 0.25) is 0 Å². The molecule has 0 saturated heterocycles. The molecule has 0 bridgehead atoms. The number of aryl methyl sites for hydroxylation is 1. The van der Waals surface area contributed by atoms with E-state index in [9.17, 15) is 5.11 Å². The van der Waals surface area contributed by atoms with Crippen molar-refractivity contribution in [3.63, 3.8) is 0 Å². The molecule has 6 nitrogen and oxygen atoms in total. The van der Waals surface area contributed by atoms with Crippen LogP contribution < -0.4 is 4.74 Å². The number of ether oxygens (including phenoxy) is 3. The monoisotopic (exact) mass is 272 g/mol. The Hall–Kier alpha value is -1.11. The Labute approximate surface area is 114 Å². The topological polar surface area (TPSA) is 65.7 Å². The first-order valence-corrected chi connectivity index (χ1v) is 6.38. The lowest BCUT2D eigenvalue weighted by molar-refractivity contribution is -0.143. The van der Waals surface area contributed by atoms with Gasteiger partial charge in [-0.05, 0) is 13.3 Å². The van der Waals surface area contributed by atoms with Gasteiger partial charge in [0, 0.05) is 27.2 Å². The highest BCUT2D eigenvalue weighted by atomic mass is 16.7. The Morgan fingerprint density at radius 3 is 2.47 bits per heavy atom. The van der Waals surface area contributed by atoms with E-state index in [1.165, 1.54) is 0 Å². The maximum atomic E-state index is 10.7. The second-order valence-electron chi connectivity index (χ2n) is 4.66. The Balaban J connectivity index is 3.06. The van der Waals surface area contributed by atoms with Crippen molar-refractivity contribution in [2.45, 2.75) is 45.1 Å². The molecule has 0 fully saturated rings. The summed E-state index contributed by atoms with van der Waals surface area (Å²) in [5, 5.41) is 15.0. The minimum Gasteiger partial charge on any atom is -0.493 e. The summed E-state index contributed by atoms with van der Waals surface area (Å²) in [6.45, 7) is 4.49. The number of nitrogens with zero attached hydrogens (tertiary/aromatic N) is 2. The summed E-state index contributed by atoms with van der Waals surface area (Å²) in [7, 11) is 4.66. The summed E-state index contributed by atoms with van der Waals surface area (Å²) < 4.78 is 17.4. The SMILES string of the molecule is CCCn1ncc(OC)c1C(C)(O)CC(OC)OC. The van der Waals surface area contributed by atoms with Crippen molar-refractivity contribution in [3.05, 3.63) is 11.9 Å². The quantitative estimate of drug-likeness (QED) is 0.727. The van der Waals surface area contributed by atoms with Gasteiger partial charge >= 0.3 is 0 Å². The van der Waals surface area contributed by atoms with Gasteiger partial charge in [0.25, 0.3) is 0 Å². The van der Waals surface area contributed by atoms with Gasteiger partial charge in [0.1, 0.15) is 11.3 Å². The first kappa shape index (κ1) is 15.9. The standard InChI is InChI=1S/C13H24N2O4/c1-6-7-15-12(10(17-3)9-14-15)13(2,16)8-11(18-4)19-5/h9,11,16H,6-8H2,1-5H3. The van der Waals surface area contributed by atoms with E-state index in [0.29, 0.717) is 17.9 Å². The predicted molar refractivity (Wildman–Crippen MR) is 71.1 cm³/mol. The smallest absolute Gasteiger partial charge is 0.162 e. The molecule has 0 amide bonds. The van der Waals surface area contributed by atoms with Crippen molar-refractivity contribution >= 4 is 0 Å². The predicted octanol–water partition coefficient (Wildman–Crippen LogP) is 1.52. The molecular formula is C13H24N2O4. The third-order valence-electron chi connectivity index (χ3n) is 3.06. The molecule has 19 heavy (non-hydrogen) atoms. The first-order valence-electron chi connectivity index (χ1n) is 6.38. The van der Waals surface area contributed by atoms with Gasteiger partial charge in [-0.3, -0.25) is 4.68 Å². The molecule has 0 spiro atoms. The zero-order valence-electron chi connectivity index (χ0n) is 12.3. The lowest BCUT2D eigenvalue weighted by atomic mass is 9.96. The second kappa shape index (κ2) is 6.88. The summed E-state index contributed by atoms with van der Waals surface area (Å²) >= 11 is 0. The Kier molecular flexibility index (Phi) is 5.78. The molecule has 0 aliphatic rings. The molecule has 0 aliphatic carbocycles. The fourth-order valence-electron chi connectivity index (χ4n) is 2.13. The first-order chi connectivity index (χ1) is 9.00. The number of aromatic nitrogens is 2. The average molecular weight is 272 g/mol.